The van der Waals surface area contributed by atoms with Crippen molar-refractivity contribution < 1.29 is 9.21 Å². The molecule has 4 heteroatoms. The van der Waals surface area contributed by atoms with Gasteiger partial charge >= 0.3 is 0 Å². The fourth-order valence-electron chi connectivity index (χ4n) is 1.71. The zero-order chi connectivity index (χ0) is 10.1. The molecule has 2 N–H and O–H groups in total. The molecule has 1 atom stereocenters. The number of aryl methyl sites for hydroxylation is 1. The topological polar surface area (TPSA) is 59.5 Å². The number of amides is 1. The van der Waals surface area contributed by atoms with Crippen LogP contribution in [0.25, 0.3) is 0 Å². The molecule has 76 valence electrons. The van der Waals surface area contributed by atoms with E-state index in [1.165, 1.54) is 6.26 Å². The number of carbonyl (C=O) groups excluding carboxylic acids is 1. The van der Waals surface area contributed by atoms with Gasteiger partial charge in [0.15, 0.2) is 0 Å². The van der Waals surface area contributed by atoms with Crippen LogP contribution in [0, 0.1) is 6.92 Å². The fourth-order valence-corrected chi connectivity index (χ4v) is 1.71. The summed E-state index contributed by atoms with van der Waals surface area (Å²) in [6.07, 6.45) is 2.39. The number of rotatable bonds is 1. The van der Waals surface area contributed by atoms with Crippen LogP contribution >= 0.6 is 0 Å². The maximum absolute atomic E-state index is 11.8. The summed E-state index contributed by atoms with van der Waals surface area (Å²) in [5.41, 5.74) is 6.35. The third-order valence-corrected chi connectivity index (χ3v) is 2.49. The van der Waals surface area contributed by atoms with Gasteiger partial charge in [0, 0.05) is 19.1 Å². The van der Waals surface area contributed by atoms with Crippen molar-refractivity contribution in [2.75, 3.05) is 13.1 Å². The van der Waals surface area contributed by atoms with Gasteiger partial charge in [0.1, 0.15) is 12.0 Å². The number of likely N-dealkylation sites (tertiary alicyclic amines) is 1. The van der Waals surface area contributed by atoms with Crippen molar-refractivity contribution in [3.63, 3.8) is 0 Å². The molecule has 1 saturated heterocycles. The Hall–Kier alpha value is -1.29. The summed E-state index contributed by atoms with van der Waals surface area (Å²) in [7, 11) is 0. The minimum absolute atomic E-state index is 0.0230. The van der Waals surface area contributed by atoms with Gasteiger partial charge in [0.2, 0.25) is 0 Å². The van der Waals surface area contributed by atoms with E-state index in [9.17, 15) is 4.79 Å². The molecular formula is C10H14N2O2. The highest BCUT2D eigenvalue weighted by atomic mass is 16.3. The number of furan rings is 1. The molecule has 0 radical (unpaired) electrons. The molecule has 1 aliphatic heterocycles. The van der Waals surface area contributed by atoms with E-state index in [1.54, 1.807) is 11.0 Å². The fraction of sp³-hybridized carbons (Fsp3) is 0.500. The standard InChI is InChI=1S/C10H14N2O2/c1-7-4-8(6-14-7)10(13)12-3-2-9(11)5-12/h4,6,9H,2-3,5,11H2,1H3/t9-/m0/s1. The number of hydrogen-bond acceptors (Lipinski definition) is 3. The minimum atomic E-state index is 0.0230. The van der Waals surface area contributed by atoms with E-state index in [-0.39, 0.29) is 11.9 Å². The summed E-state index contributed by atoms with van der Waals surface area (Å²) >= 11 is 0. The predicted octanol–water partition coefficient (Wildman–Crippen LogP) is 0.761. The van der Waals surface area contributed by atoms with Crippen molar-refractivity contribution in [3.8, 4) is 0 Å². The summed E-state index contributed by atoms with van der Waals surface area (Å²) in [5, 5.41) is 0. The second-order valence-corrected chi connectivity index (χ2v) is 3.75. The van der Waals surface area contributed by atoms with Crippen LogP contribution in [0.5, 0.6) is 0 Å². The molecule has 0 aromatic carbocycles. The van der Waals surface area contributed by atoms with Crippen LogP contribution < -0.4 is 5.73 Å². The van der Waals surface area contributed by atoms with Gasteiger partial charge in [0.25, 0.3) is 5.91 Å². The Bertz CT molecular complexity index is 346. The van der Waals surface area contributed by atoms with Crippen LogP contribution in [0.3, 0.4) is 0 Å². The summed E-state index contributed by atoms with van der Waals surface area (Å²) in [6.45, 7) is 3.24. The third kappa shape index (κ3) is 1.65. The smallest absolute Gasteiger partial charge is 0.257 e. The normalized spacial score (nSPS) is 21.6. The first-order valence-corrected chi connectivity index (χ1v) is 4.77. The molecule has 0 bridgehead atoms. The number of nitrogens with zero attached hydrogens (tertiary/aromatic N) is 1. The van der Waals surface area contributed by atoms with Crippen LogP contribution in [-0.2, 0) is 0 Å². The summed E-state index contributed by atoms with van der Waals surface area (Å²) in [5.74, 6) is 0.784. The molecule has 2 heterocycles. The zero-order valence-corrected chi connectivity index (χ0v) is 8.19. The second kappa shape index (κ2) is 3.46. The largest absolute Gasteiger partial charge is 0.469 e. The van der Waals surface area contributed by atoms with Gasteiger partial charge in [-0.2, -0.15) is 0 Å². The summed E-state index contributed by atoms with van der Waals surface area (Å²) < 4.78 is 5.09. The van der Waals surface area contributed by atoms with Crippen molar-refractivity contribution in [2.24, 2.45) is 5.73 Å². The Kier molecular flexibility index (Phi) is 2.29. The molecule has 1 aromatic rings. The van der Waals surface area contributed by atoms with Crippen LogP contribution in [0.2, 0.25) is 0 Å². The van der Waals surface area contributed by atoms with Gasteiger partial charge in [-0.15, -0.1) is 0 Å². The van der Waals surface area contributed by atoms with Gasteiger partial charge in [-0.1, -0.05) is 0 Å². The van der Waals surface area contributed by atoms with E-state index in [4.69, 9.17) is 10.2 Å². The van der Waals surface area contributed by atoms with Crippen molar-refractivity contribution in [1.82, 2.24) is 4.90 Å². The van der Waals surface area contributed by atoms with E-state index in [0.29, 0.717) is 12.1 Å². The van der Waals surface area contributed by atoms with E-state index in [0.717, 1.165) is 18.7 Å². The average molecular weight is 194 g/mol. The summed E-state index contributed by atoms with van der Waals surface area (Å²) in [4.78, 5) is 13.6. The van der Waals surface area contributed by atoms with Crippen LogP contribution in [0.1, 0.15) is 22.5 Å². The number of hydrogen-bond donors (Lipinski definition) is 1. The Morgan fingerprint density at radius 2 is 2.50 bits per heavy atom. The molecule has 1 fully saturated rings. The van der Waals surface area contributed by atoms with Gasteiger partial charge in [-0.05, 0) is 19.4 Å². The third-order valence-electron chi connectivity index (χ3n) is 2.49. The molecule has 1 amide bonds. The van der Waals surface area contributed by atoms with Crippen LogP contribution in [0.4, 0.5) is 0 Å². The second-order valence-electron chi connectivity index (χ2n) is 3.75. The average Bonchev–Trinajstić information content (AvgIpc) is 2.73. The maximum atomic E-state index is 11.8. The van der Waals surface area contributed by atoms with Crippen molar-refractivity contribution >= 4 is 5.91 Å². The highest BCUT2D eigenvalue weighted by Gasteiger charge is 2.25. The highest BCUT2D eigenvalue weighted by Crippen LogP contribution is 2.14. The Balaban J connectivity index is 2.09. The van der Waals surface area contributed by atoms with Crippen molar-refractivity contribution in [3.05, 3.63) is 23.7 Å². The van der Waals surface area contributed by atoms with Gasteiger partial charge in [-0.3, -0.25) is 4.79 Å². The zero-order valence-electron chi connectivity index (χ0n) is 8.19. The maximum Gasteiger partial charge on any atom is 0.257 e. The van der Waals surface area contributed by atoms with E-state index in [1.807, 2.05) is 6.92 Å². The first-order valence-electron chi connectivity index (χ1n) is 4.77. The quantitative estimate of drug-likeness (QED) is 0.718. The SMILES string of the molecule is Cc1cc(C(=O)N2CC[C@H](N)C2)co1. The van der Waals surface area contributed by atoms with Gasteiger partial charge in [0.05, 0.1) is 5.56 Å². The van der Waals surface area contributed by atoms with Gasteiger partial charge < -0.3 is 15.1 Å². The van der Waals surface area contributed by atoms with Gasteiger partial charge in [-0.25, -0.2) is 0 Å². The minimum Gasteiger partial charge on any atom is -0.469 e. The lowest BCUT2D eigenvalue weighted by molar-refractivity contribution is 0.0790. The highest BCUT2D eigenvalue weighted by molar-refractivity contribution is 5.94. The lowest BCUT2D eigenvalue weighted by atomic mass is 10.3. The number of carbonyl (C=O) groups is 1. The lowest BCUT2D eigenvalue weighted by Gasteiger charge is -2.13. The summed E-state index contributed by atoms with van der Waals surface area (Å²) in [6, 6.07) is 1.89. The molecule has 0 unspecified atom stereocenters. The molecule has 14 heavy (non-hydrogen) atoms. The Morgan fingerprint density at radius 1 is 1.71 bits per heavy atom. The van der Waals surface area contributed by atoms with Crippen molar-refractivity contribution in [1.29, 1.82) is 0 Å². The Labute approximate surface area is 82.7 Å². The monoisotopic (exact) mass is 194 g/mol. The van der Waals surface area contributed by atoms with E-state index >= 15 is 0 Å². The van der Waals surface area contributed by atoms with E-state index in [2.05, 4.69) is 0 Å². The molecule has 2 rings (SSSR count). The predicted molar refractivity (Wildman–Crippen MR) is 51.9 cm³/mol. The number of nitrogens with two attached hydrogens (primary N) is 1. The molecule has 0 spiro atoms. The first-order chi connectivity index (χ1) is 6.66. The molecule has 4 nitrogen and oxygen atoms in total. The van der Waals surface area contributed by atoms with E-state index < -0.39 is 0 Å². The van der Waals surface area contributed by atoms with Crippen molar-refractivity contribution in [2.45, 2.75) is 19.4 Å². The van der Waals surface area contributed by atoms with Crippen LogP contribution in [-0.4, -0.2) is 29.9 Å². The molecule has 1 aromatic heterocycles. The molecule has 0 saturated carbocycles. The first kappa shape index (κ1) is 9.27. The Morgan fingerprint density at radius 3 is 3.00 bits per heavy atom. The molecule has 0 aliphatic carbocycles. The molecular weight excluding hydrogens is 180 g/mol. The lowest BCUT2D eigenvalue weighted by Crippen LogP contribution is -2.31. The van der Waals surface area contributed by atoms with Crippen LogP contribution in [0.15, 0.2) is 16.7 Å². The molecule has 1 aliphatic rings.